The van der Waals surface area contributed by atoms with Gasteiger partial charge in [-0.2, -0.15) is 0 Å². The zero-order valence-corrected chi connectivity index (χ0v) is 10.8. The van der Waals surface area contributed by atoms with Gasteiger partial charge in [0.15, 0.2) is 0 Å². The summed E-state index contributed by atoms with van der Waals surface area (Å²) in [5.41, 5.74) is 3.26. The topological polar surface area (TPSA) is 34.1 Å². The Kier molecular flexibility index (Phi) is 4.31. The average molecular weight is 242 g/mol. The van der Waals surface area contributed by atoms with Gasteiger partial charge in [-0.15, -0.1) is 0 Å². The number of pyridine rings is 1. The maximum atomic E-state index is 5.23. The molecule has 0 spiro atoms. The number of nitrogens with one attached hydrogen (secondary N) is 1. The van der Waals surface area contributed by atoms with Crippen LogP contribution in [-0.2, 0) is 13.1 Å². The van der Waals surface area contributed by atoms with Crippen molar-refractivity contribution in [3.8, 4) is 5.75 Å². The van der Waals surface area contributed by atoms with E-state index in [2.05, 4.69) is 22.4 Å². The van der Waals surface area contributed by atoms with Crippen LogP contribution in [0.5, 0.6) is 5.75 Å². The molecule has 0 radical (unpaired) electrons. The van der Waals surface area contributed by atoms with Crippen LogP contribution < -0.4 is 10.1 Å². The molecule has 3 nitrogen and oxygen atoms in total. The molecule has 0 aliphatic carbocycles. The maximum absolute atomic E-state index is 5.23. The molecule has 1 aromatic heterocycles. The molecule has 1 N–H and O–H groups in total. The van der Waals surface area contributed by atoms with Gasteiger partial charge < -0.3 is 10.1 Å². The SMILES string of the molecule is COc1cc(C)nc(CNCc2ccccc2)c1. The van der Waals surface area contributed by atoms with Crippen LogP contribution in [0.4, 0.5) is 0 Å². The second kappa shape index (κ2) is 6.17. The molecule has 0 atom stereocenters. The number of methoxy groups -OCH3 is 1. The Labute approximate surface area is 108 Å². The Bertz CT molecular complexity index is 497. The van der Waals surface area contributed by atoms with Gasteiger partial charge in [-0.3, -0.25) is 4.98 Å². The second-order valence-corrected chi connectivity index (χ2v) is 4.23. The summed E-state index contributed by atoms with van der Waals surface area (Å²) in [5.74, 6) is 0.860. The molecule has 0 aliphatic rings. The molecule has 0 saturated heterocycles. The Morgan fingerprint density at radius 2 is 1.89 bits per heavy atom. The molecule has 0 unspecified atom stereocenters. The van der Waals surface area contributed by atoms with Crippen LogP contribution in [0, 0.1) is 6.92 Å². The molecule has 2 aromatic rings. The van der Waals surface area contributed by atoms with Gasteiger partial charge in [0.1, 0.15) is 5.75 Å². The molecular weight excluding hydrogens is 224 g/mol. The maximum Gasteiger partial charge on any atom is 0.122 e. The van der Waals surface area contributed by atoms with Crippen LogP contribution >= 0.6 is 0 Å². The van der Waals surface area contributed by atoms with E-state index in [4.69, 9.17) is 4.74 Å². The predicted octanol–water partition coefficient (Wildman–Crippen LogP) is 2.69. The quantitative estimate of drug-likeness (QED) is 0.875. The fraction of sp³-hybridized carbons (Fsp3) is 0.267. The van der Waals surface area contributed by atoms with E-state index in [9.17, 15) is 0 Å². The van der Waals surface area contributed by atoms with Crippen molar-refractivity contribution in [2.75, 3.05) is 7.11 Å². The first-order valence-corrected chi connectivity index (χ1v) is 6.04. The average Bonchev–Trinajstić information content (AvgIpc) is 2.39. The van der Waals surface area contributed by atoms with Gasteiger partial charge in [0.05, 0.1) is 12.8 Å². The van der Waals surface area contributed by atoms with E-state index in [1.54, 1.807) is 7.11 Å². The molecule has 0 aliphatic heterocycles. The van der Waals surface area contributed by atoms with E-state index < -0.39 is 0 Å². The van der Waals surface area contributed by atoms with Crippen LogP contribution in [0.2, 0.25) is 0 Å². The molecule has 1 heterocycles. The summed E-state index contributed by atoms with van der Waals surface area (Å²) < 4.78 is 5.23. The van der Waals surface area contributed by atoms with Crippen LogP contribution in [0.3, 0.4) is 0 Å². The fourth-order valence-corrected chi connectivity index (χ4v) is 1.84. The highest BCUT2D eigenvalue weighted by atomic mass is 16.5. The third-order valence-electron chi connectivity index (χ3n) is 2.69. The molecular formula is C15H18N2O. The number of rotatable bonds is 5. The van der Waals surface area contributed by atoms with E-state index in [-0.39, 0.29) is 0 Å². The number of hydrogen-bond acceptors (Lipinski definition) is 3. The van der Waals surface area contributed by atoms with Crippen molar-refractivity contribution in [2.24, 2.45) is 0 Å². The van der Waals surface area contributed by atoms with E-state index in [1.165, 1.54) is 5.56 Å². The van der Waals surface area contributed by atoms with Gasteiger partial charge in [-0.25, -0.2) is 0 Å². The van der Waals surface area contributed by atoms with Crippen LogP contribution in [-0.4, -0.2) is 12.1 Å². The van der Waals surface area contributed by atoms with Crippen molar-refractivity contribution in [1.29, 1.82) is 0 Å². The van der Waals surface area contributed by atoms with Crippen LogP contribution in [0.15, 0.2) is 42.5 Å². The third-order valence-corrected chi connectivity index (χ3v) is 2.69. The first-order valence-electron chi connectivity index (χ1n) is 6.04. The summed E-state index contributed by atoms with van der Waals surface area (Å²) in [6.07, 6.45) is 0. The van der Waals surface area contributed by atoms with Gasteiger partial charge in [0.2, 0.25) is 0 Å². The summed E-state index contributed by atoms with van der Waals surface area (Å²) in [5, 5.41) is 3.38. The molecule has 0 amide bonds. The lowest BCUT2D eigenvalue weighted by atomic mass is 10.2. The van der Waals surface area contributed by atoms with Crippen molar-refractivity contribution < 1.29 is 4.74 Å². The summed E-state index contributed by atoms with van der Waals surface area (Å²) in [6, 6.07) is 14.2. The second-order valence-electron chi connectivity index (χ2n) is 4.23. The normalized spacial score (nSPS) is 10.3. The number of nitrogens with zero attached hydrogens (tertiary/aromatic N) is 1. The summed E-state index contributed by atoms with van der Waals surface area (Å²) in [7, 11) is 1.68. The lowest BCUT2D eigenvalue weighted by molar-refractivity contribution is 0.412. The van der Waals surface area contributed by atoms with Crippen molar-refractivity contribution in [1.82, 2.24) is 10.3 Å². The Morgan fingerprint density at radius 1 is 1.11 bits per heavy atom. The molecule has 0 bridgehead atoms. The van der Waals surface area contributed by atoms with Crippen molar-refractivity contribution in [3.05, 3.63) is 59.4 Å². The zero-order chi connectivity index (χ0) is 12.8. The van der Waals surface area contributed by atoms with Crippen LogP contribution in [0.25, 0.3) is 0 Å². The third kappa shape index (κ3) is 3.57. The molecule has 0 saturated carbocycles. The molecule has 0 fully saturated rings. The highest BCUT2D eigenvalue weighted by molar-refractivity contribution is 5.26. The lowest BCUT2D eigenvalue weighted by Crippen LogP contribution is -2.14. The van der Waals surface area contributed by atoms with Crippen molar-refractivity contribution >= 4 is 0 Å². The van der Waals surface area contributed by atoms with E-state index in [1.807, 2.05) is 37.3 Å². The van der Waals surface area contributed by atoms with Gasteiger partial charge >= 0.3 is 0 Å². The number of aryl methyl sites for hydroxylation is 1. The summed E-state index contributed by atoms with van der Waals surface area (Å²) in [6.45, 7) is 3.56. The molecule has 94 valence electrons. The van der Waals surface area contributed by atoms with Gasteiger partial charge in [0, 0.05) is 30.9 Å². The van der Waals surface area contributed by atoms with E-state index in [0.717, 1.165) is 30.2 Å². The van der Waals surface area contributed by atoms with Crippen LogP contribution in [0.1, 0.15) is 17.0 Å². The highest BCUT2D eigenvalue weighted by Crippen LogP contribution is 2.13. The Hall–Kier alpha value is -1.87. The minimum atomic E-state index is 0.743. The fourth-order valence-electron chi connectivity index (χ4n) is 1.84. The number of benzene rings is 1. The smallest absolute Gasteiger partial charge is 0.122 e. The predicted molar refractivity (Wildman–Crippen MR) is 72.5 cm³/mol. The van der Waals surface area contributed by atoms with Gasteiger partial charge in [-0.1, -0.05) is 30.3 Å². The Balaban J connectivity index is 1.92. The first-order chi connectivity index (χ1) is 8.78. The summed E-state index contributed by atoms with van der Waals surface area (Å²) in [4.78, 5) is 4.47. The minimum Gasteiger partial charge on any atom is -0.497 e. The summed E-state index contributed by atoms with van der Waals surface area (Å²) >= 11 is 0. The molecule has 2 rings (SSSR count). The highest BCUT2D eigenvalue weighted by Gasteiger charge is 2.00. The Morgan fingerprint density at radius 3 is 2.61 bits per heavy atom. The molecule has 3 heteroatoms. The van der Waals surface area contributed by atoms with Crippen molar-refractivity contribution in [2.45, 2.75) is 20.0 Å². The number of hydrogen-bond donors (Lipinski definition) is 1. The largest absolute Gasteiger partial charge is 0.497 e. The zero-order valence-electron chi connectivity index (χ0n) is 10.8. The first kappa shape index (κ1) is 12.6. The monoisotopic (exact) mass is 242 g/mol. The van der Waals surface area contributed by atoms with Gasteiger partial charge in [-0.05, 0) is 12.5 Å². The van der Waals surface area contributed by atoms with E-state index in [0.29, 0.717) is 0 Å². The number of ether oxygens (including phenoxy) is 1. The van der Waals surface area contributed by atoms with Crippen molar-refractivity contribution in [3.63, 3.8) is 0 Å². The van der Waals surface area contributed by atoms with Gasteiger partial charge in [0.25, 0.3) is 0 Å². The lowest BCUT2D eigenvalue weighted by Gasteiger charge is -2.07. The minimum absolute atomic E-state index is 0.743. The number of aromatic nitrogens is 1. The molecule has 18 heavy (non-hydrogen) atoms. The van der Waals surface area contributed by atoms with E-state index >= 15 is 0 Å². The standard InChI is InChI=1S/C15H18N2O/c1-12-8-15(18-2)9-14(17-12)11-16-10-13-6-4-3-5-7-13/h3-9,16H,10-11H2,1-2H3. The molecule has 1 aromatic carbocycles.